The number of carboxylic acids is 1. The van der Waals surface area contributed by atoms with Crippen LogP contribution >= 0.6 is 0 Å². The Balaban J connectivity index is 2.10. The van der Waals surface area contributed by atoms with Crippen LogP contribution in [0.1, 0.15) is 23.2 Å². The van der Waals surface area contributed by atoms with Crippen molar-refractivity contribution in [3.8, 4) is 0 Å². The van der Waals surface area contributed by atoms with Gasteiger partial charge < -0.3 is 20.6 Å². The monoisotopic (exact) mass is 277 g/mol. The first-order chi connectivity index (χ1) is 9.47. The average Bonchev–Trinajstić information content (AvgIpc) is 2.38. The van der Waals surface area contributed by atoms with E-state index in [1.54, 1.807) is 18.2 Å². The number of nitrogens with zero attached hydrogens (tertiary/aromatic N) is 2. The second-order valence-electron chi connectivity index (χ2n) is 5.77. The Morgan fingerprint density at radius 3 is 2.60 bits per heavy atom. The summed E-state index contributed by atoms with van der Waals surface area (Å²) in [5.74, 6) is -0.203. The third-order valence-corrected chi connectivity index (χ3v) is 3.83. The summed E-state index contributed by atoms with van der Waals surface area (Å²) >= 11 is 0. The summed E-state index contributed by atoms with van der Waals surface area (Å²) in [4.78, 5) is 15.7. The molecule has 110 valence electrons. The number of benzene rings is 1. The molecule has 1 fully saturated rings. The SMILES string of the molecule is CN(C)CC1CCN(c2cc(N)ccc2C(=O)O)CC1. The molecule has 0 aromatic heterocycles. The van der Waals surface area contributed by atoms with Gasteiger partial charge in [-0.1, -0.05) is 0 Å². The fourth-order valence-electron chi connectivity index (χ4n) is 2.86. The molecule has 1 saturated heterocycles. The van der Waals surface area contributed by atoms with Crippen LogP contribution in [0.3, 0.4) is 0 Å². The van der Waals surface area contributed by atoms with Gasteiger partial charge in [0.15, 0.2) is 0 Å². The Morgan fingerprint density at radius 2 is 2.05 bits per heavy atom. The van der Waals surface area contributed by atoms with Gasteiger partial charge in [0.05, 0.1) is 11.3 Å². The molecule has 20 heavy (non-hydrogen) atoms. The van der Waals surface area contributed by atoms with E-state index in [1.807, 2.05) is 0 Å². The summed E-state index contributed by atoms with van der Waals surface area (Å²) in [6.07, 6.45) is 2.18. The van der Waals surface area contributed by atoms with Gasteiger partial charge in [0, 0.05) is 25.3 Å². The predicted molar refractivity (Wildman–Crippen MR) is 81.3 cm³/mol. The molecule has 1 heterocycles. The van der Waals surface area contributed by atoms with Crippen LogP contribution in [0.4, 0.5) is 11.4 Å². The molecule has 5 nitrogen and oxygen atoms in total. The first-order valence-corrected chi connectivity index (χ1v) is 7.00. The first-order valence-electron chi connectivity index (χ1n) is 7.00. The summed E-state index contributed by atoms with van der Waals surface area (Å²) in [7, 11) is 4.18. The normalized spacial score (nSPS) is 16.6. The third kappa shape index (κ3) is 3.42. The van der Waals surface area contributed by atoms with Crippen molar-refractivity contribution in [2.45, 2.75) is 12.8 Å². The lowest BCUT2D eigenvalue weighted by atomic mass is 9.95. The zero-order chi connectivity index (χ0) is 14.7. The van der Waals surface area contributed by atoms with E-state index in [2.05, 4.69) is 23.9 Å². The summed E-state index contributed by atoms with van der Waals surface area (Å²) in [6.45, 7) is 2.88. The molecule has 0 radical (unpaired) electrons. The largest absolute Gasteiger partial charge is 0.478 e. The number of anilines is 2. The Bertz CT molecular complexity index is 480. The molecule has 0 spiro atoms. The smallest absolute Gasteiger partial charge is 0.337 e. The number of carbonyl (C=O) groups is 1. The number of carboxylic acid groups (broad SMARTS) is 1. The lowest BCUT2D eigenvalue weighted by Gasteiger charge is -2.35. The lowest BCUT2D eigenvalue weighted by Crippen LogP contribution is -2.37. The molecule has 0 unspecified atom stereocenters. The second-order valence-corrected chi connectivity index (χ2v) is 5.77. The molecule has 0 saturated carbocycles. The summed E-state index contributed by atoms with van der Waals surface area (Å²) < 4.78 is 0. The Hall–Kier alpha value is -1.75. The summed E-state index contributed by atoms with van der Waals surface area (Å²) in [6, 6.07) is 5.01. The van der Waals surface area contributed by atoms with Gasteiger partial charge in [0.2, 0.25) is 0 Å². The number of piperidine rings is 1. The van der Waals surface area contributed by atoms with E-state index in [1.165, 1.54) is 0 Å². The zero-order valence-corrected chi connectivity index (χ0v) is 12.2. The highest BCUT2D eigenvalue weighted by Crippen LogP contribution is 2.28. The number of aromatic carboxylic acids is 1. The van der Waals surface area contributed by atoms with Gasteiger partial charge in [-0.2, -0.15) is 0 Å². The van der Waals surface area contributed by atoms with Crippen molar-refractivity contribution in [1.29, 1.82) is 0 Å². The molecule has 1 aromatic rings. The summed E-state index contributed by atoms with van der Waals surface area (Å²) in [5, 5.41) is 9.28. The van der Waals surface area contributed by atoms with Crippen molar-refractivity contribution in [2.75, 3.05) is 44.4 Å². The fraction of sp³-hybridized carbons (Fsp3) is 0.533. The number of hydrogen-bond donors (Lipinski definition) is 2. The molecule has 0 bridgehead atoms. The predicted octanol–water partition coefficient (Wildman–Crippen LogP) is 1.74. The maximum Gasteiger partial charge on any atom is 0.337 e. The molecular weight excluding hydrogens is 254 g/mol. The Labute approximate surface area is 120 Å². The minimum Gasteiger partial charge on any atom is -0.478 e. The molecule has 2 rings (SSSR count). The van der Waals surface area contributed by atoms with Crippen molar-refractivity contribution in [1.82, 2.24) is 4.90 Å². The average molecular weight is 277 g/mol. The van der Waals surface area contributed by atoms with Crippen LogP contribution in [-0.4, -0.2) is 49.7 Å². The molecule has 5 heteroatoms. The molecule has 0 aliphatic carbocycles. The summed E-state index contributed by atoms with van der Waals surface area (Å²) in [5.41, 5.74) is 7.50. The molecule has 1 aromatic carbocycles. The van der Waals surface area contributed by atoms with Crippen LogP contribution in [0, 0.1) is 5.92 Å². The van der Waals surface area contributed by atoms with Gasteiger partial charge in [-0.25, -0.2) is 4.79 Å². The lowest BCUT2D eigenvalue weighted by molar-refractivity contribution is 0.0697. The van der Waals surface area contributed by atoms with Crippen molar-refractivity contribution in [2.24, 2.45) is 5.92 Å². The number of hydrogen-bond acceptors (Lipinski definition) is 4. The Kier molecular flexibility index (Phi) is 4.49. The van der Waals surface area contributed by atoms with Crippen molar-refractivity contribution >= 4 is 17.3 Å². The minimum absolute atomic E-state index is 0.338. The topological polar surface area (TPSA) is 69.8 Å². The molecule has 1 aliphatic rings. The fourth-order valence-corrected chi connectivity index (χ4v) is 2.86. The number of rotatable bonds is 4. The maximum absolute atomic E-state index is 11.3. The minimum atomic E-state index is -0.893. The van der Waals surface area contributed by atoms with Crippen LogP contribution in [0.15, 0.2) is 18.2 Å². The molecule has 1 aliphatic heterocycles. The standard InChI is InChI=1S/C15H23N3O2/c1-17(2)10-11-5-7-18(8-6-11)14-9-12(16)3-4-13(14)15(19)20/h3-4,9,11H,5-8,10,16H2,1-2H3,(H,19,20). The van der Waals surface area contributed by atoms with E-state index in [0.717, 1.165) is 38.2 Å². The van der Waals surface area contributed by atoms with Crippen LogP contribution in [0.2, 0.25) is 0 Å². The van der Waals surface area contributed by atoms with E-state index < -0.39 is 5.97 Å². The second kappa shape index (κ2) is 6.13. The highest BCUT2D eigenvalue weighted by molar-refractivity contribution is 5.95. The van der Waals surface area contributed by atoms with Gasteiger partial charge in [0.25, 0.3) is 0 Å². The van der Waals surface area contributed by atoms with Crippen molar-refractivity contribution in [3.63, 3.8) is 0 Å². The van der Waals surface area contributed by atoms with Crippen LogP contribution in [0.25, 0.3) is 0 Å². The number of nitrogens with two attached hydrogens (primary N) is 1. The van der Waals surface area contributed by atoms with Crippen LogP contribution < -0.4 is 10.6 Å². The van der Waals surface area contributed by atoms with E-state index in [-0.39, 0.29) is 0 Å². The molecule has 0 amide bonds. The van der Waals surface area contributed by atoms with Gasteiger partial charge in [-0.15, -0.1) is 0 Å². The van der Waals surface area contributed by atoms with Crippen molar-refractivity contribution < 1.29 is 9.90 Å². The van der Waals surface area contributed by atoms with Gasteiger partial charge in [0.1, 0.15) is 0 Å². The number of nitrogen functional groups attached to an aromatic ring is 1. The van der Waals surface area contributed by atoms with Gasteiger partial charge in [-0.05, 0) is 51.1 Å². The van der Waals surface area contributed by atoms with Crippen molar-refractivity contribution in [3.05, 3.63) is 23.8 Å². The van der Waals surface area contributed by atoms with Gasteiger partial charge >= 0.3 is 5.97 Å². The van der Waals surface area contributed by atoms with E-state index >= 15 is 0 Å². The molecule has 0 atom stereocenters. The quantitative estimate of drug-likeness (QED) is 0.820. The first kappa shape index (κ1) is 14.7. The van der Waals surface area contributed by atoms with E-state index in [4.69, 9.17) is 5.73 Å². The highest BCUT2D eigenvalue weighted by Gasteiger charge is 2.23. The third-order valence-electron chi connectivity index (χ3n) is 3.83. The van der Waals surface area contributed by atoms with Gasteiger partial charge in [-0.3, -0.25) is 0 Å². The zero-order valence-electron chi connectivity index (χ0n) is 12.2. The van der Waals surface area contributed by atoms with E-state index in [9.17, 15) is 9.90 Å². The maximum atomic E-state index is 11.3. The Morgan fingerprint density at radius 1 is 1.40 bits per heavy atom. The molecular formula is C15H23N3O2. The molecule has 3 N–H and O–H groups in total. The van der Waals surface area contributed by atoms with Crippen LogP contribution in [-0.2, 0) is 0 Å². The van der Waals surface area contributed by atoms with Crippen LogP contribution in [0.5, 0.6) is 0 Å². The highest BCUT2D eigenvalue weighted by atomic mass is 16.4. The van der Waals surface area contributed by atoms with E-state index in [0.29, 0.717) is 17.2 Å².